The fraction of sp³-hybridized carbons (Fsp3) is 0.341. The van der Waals surface area contributed by atoms with Gasteiger partial charge in [0.1, 0.15) is 5.75 Å². The third kappa shape index (κ3) is 6.60. The Kier molecular flexibility index (Phi) is 9.64. The third-order valence-electron chi connectivity index (χ3n) is 11.2. The Morgan fingerprint density at radius 2 is 1.74 bits per heavy atom. The van der Waals surface area contributed by atoms with E-state index in [-0.39, 0.29) is 37.3 Å². The summed E-state index contributed by atoms with van der Waals surface area (Å²) in [4.78, 5) is 45.1. The van der Waals surface area contributed by atoms with Gasteiger partial charge < -0.3 is 39.5 Å². The van der Waals surface area contributed by atoms with E-state index in [4.69, 9.17) is 15.2 Å². The second-order valence-corrected chi connectivity index (χ2v) is 18.6. The number of nitrogens with two attached hydrogens (primary N) is 1. The molecule has 12 heteroatoms. The number of nitrogens with zero attached hydrogens (tertiary/aromatic N) is 2. The molecule has 4 aromatic carbocycles. The van der Waals surface area contributed by atoms with Gasteiger partial charge in [0, 0.05) is 40.5 Å². The molecule has 0 saturated carbocycles. The molecular weight excluding hydrogens is 692 g/mol. The molecular formula is C41H45FN4O6Si. The zero-order valence-corrected chi connectivity index (χ0v) is 31.3. The van der Waals surface area contributed by atoms with Crippen LogP contribution in [0.4, 0.5) is 21.2 Å². The van der Waals surface area contributed by atoms with E-state index in [0.29, 0.717) is 46.9 Å². The van der Waals surface area contributed by atoms with Crippen LogP contribution >= 0.6 is 0 Å². The Labute approximate surface area is 309 Å². The monoisotopic (exact) mass is 736 g/mol. The summed E-state index contributed by atoms with van der Waals surface area (Å²) in [7, 11) is -2.00. The van der Waals surface area contributed by atoms with E-state index in [0.717, 1.165) is 16.7 Å². The Morgan fingerprint density at radius 3 is 2.40 bits per heavy atom. The molecule has 3 aliphatic heterocycles. The highest BCUT2D eigenvalue weighted by Gasteiger charge is 2.67. The number of hydrogen-bond acceptors (Lipinski definition) is 7. The maximum Gasteiger partial charge on any atom is 0.264 e. The largest absolute Gasteiger partial charge is 0.497 e. The molecule has 0 aliphatic carbocycles. The van der Waals surface area contributed by atoms with E-state index in [1.165, 1.54) is 0 Å². The van der Waals surface area contributed by atoms with Crippen LogP contribution in [-0.2, 0) is 39.4 Å². The molecule has 10 nitrogen and oxygen atoms in total. The molecule has 1 fully saturated rings. The number of fused-ring (bicyclic) bond motifs is 3. The molecule has 4 N–H and O–H groups in total. The molecule has 5 atom stereocenters. The molecule has 1 spiro atoms. The summed E-state index contributed by atoms with van der Waals surface area (Å²) in [6.07, 6.45) is -0.466. The Bertz CT molecular complexity index is 2040. The summed E-state index contributed by atoms with van der Waals surface area (Å²) < 4.78 is 29.0. The fourth-order valence-electron chi connectivity index (χ4n) is 8.56. The second kappa shape index (κ2) is 14.1. The predicted molar refractivity (Wildman–Crippen MR) is 204 cm³/mol. The summed E-state index contributed by atoms with van der Waals surface area (Å²) >= 11 is 0. The Balaban J connectivity index is 1.17. The highest BCUT2D eigenvalue weighted by molar-refractivity contribution is 6.72. The molecule has 3 aliphatic rings. The highest BCUT2D eigenvalue weighted by atomic mass is 28.4. The average molecular weight is 737 g/mol. The van der Waals surface area contributed by atoms with Crippen LogP contribution in [0.25, 0.3) is 0 Å². The second-order valence-electron chi connectivity index (χ2n) is 14.9. The Hall–Kier alpha value is -5.04. The first-order valence-corrected chi connectivity index (χ1v) is 20.9. The maximum atomic E-state index is 16.5. The van der Waals surface area contributed by atoms with Gasteiger partial charge in [0.25, 0.3) is 11.8 Å². The molecule has 276 valence electrons. The highest BCUT2D eigenvalue weighted by Crippen LogP contribution is 2.60. The van der Waals surface area contributed by atoms with Crippen LogP contribution in [0, 0.1) is 5.92 Å². The molecule has 53 heavy (non-hydrogen) atoms. The SMILES string of the molecule is COc1ccc2c(c1)[C@@]1(O[C@H](CC(=O)N3Cc4ccccc4C[C@H]3CO)[C@@H]([Si](C)(C)F)[C@@H]1C)C(=O)N2Cc1ccc(NC(=O)c2ccc(N)cc2)cc1. The van der Waals surface area contributed by atoms with Crippen LogP contribution in [0.3, 0.4) is 0 Å². The van der Waals surface area contributed by atoms with E-state index in [2.05, 4.69) is 5.32 Å². The van der Waals surface area contributed by atoms with Gasteiger partial charge in [-0.05, 0) is 90.8 Å². The lowest BCUT2D eigenvalue weighted by Gasteiger charge is -2.37. The number of anilines is 3. The number of amides is 3. The number of carbonyl (C=O) groups excluding carboxylic acids is 3. The van der Waals surface area contributed by atoms with E-state index >= 15 is 4.11 Å². The van der Waals surface area contributed by atoms with Crippen LogP contribution in [-0.4, -0.2) is 62.0 Å². The van der Waals surface area contributed by atoms with Crippen molar-refractivity contribution in [1.82, 2.24) is 4.90 Å². The van der Waals surface area contributed by atoms with Crippen molar-refractivity contribution >= 4 is 43.2 Å². The summed E-state index contributed by atoms with van der Waals surface area (Å²) in [6.45, 7) is 5.41. The molecule has 0 aromatic heterocycles. The number of carbonyl (C=O) groups is 3. The van der Waals surface area contributed by atoms with Crippen molar-refractivity contribution in [2.24, 2.45) is 5.92 Å². The normalized spacial score (nSPS) is 23.5. The first kappa shape index (κ1) is 36.3. The topological polar surface area (TPSA) is 134 Å². The van der Waals surface area contributed by atoms with Gasteiger partial charge in [0.2, 0.25) is 14.3 Å². The fourth-order valence-corrected chi connectivity index (χ4v) is 11.0. The quantitative estimate of drug-likeness (QED) is 0.106. The molecule has 3 amide bonds. The summed E-state index contributed by atoms with van der Waals surface area (Å²) in [5.74, 6) is -0.916. The van der Waals surface area contributed by atoms with Gasteiger partial charge in [-0.15, -0.1) is 0 Å². The minimum absolute atomic E-state index is 0.119. The third-order valence-corrected chi connectivity index (χ3v) is 13.6. The van der Waals surface area contributed by atoms with Crippen LogP contribution in [0.1, 0.15) is 46.0 Å². The number of rotatable bonds is 9. The van der Waals surface area contributed by atoms with Crippen molar-refractivity contribution < 1.29 is 33.1 Å². The number of nitrogens with one attached hydrogen (secondary N) is 1. The first-order valence-electron chi connectivity index (χ1n) is 17.9. The van der Waals surface area contributed by atoms with Gasteiger partial charge in [-0.25, -0.2) is 0 Å². The number of nitrogen functional groups attached to an aromatic ring is 1. The summed E-state index contributed by atoms with van der Waals surface area (Å²) in [5, 5.41) is 13.2. The molecule has 1 saturated heterocycles. The lowest BCUT2D eigenvalue weighted by molar-refractivity contribution is -0.151. The predicted octanol–water partition coefficient (Wildman–Crippen LogP) is 6.19. The number of hydrogen-bond donors (Lipinski definition) is 3. The van der Waals surface area contributed by atoms with Crippen LogP contribution in [0.15, 0.2) is 91.0 Å². The first-order chi connectivity index (χ1) is 25.3. The van der Waals surface area contributed by atoms with Crippen molar-refractivity contribution in [2.75, 3.05) is 29.7 Å². The van der Waals surface area contributed by atoms with Gasteiger partial charge in [-0.2, -0.15) is 0 Å². The molecule has 4 aromatic rings. The minimum Gasteiger partial charge on any atom is -0.497 e. The van der Waals surface area contributed by atoms with E-state index in [9.17, 15) is 19.5 Å². The molecule has 3 heterocycles. The zero-order valence-electron chi connectivity index (χ0n) is 30.3. The molecule has 0 radical (unpaired) electrons. The Morgan fingerprint density at radius 1 is 1.04 bits per heavy atom. The van der Waals surface area contributed by atoms with Gasteiger partial charge in [0.05, 0.1) is 44.5 Å². The number of methoxy groups -OCH3 is 1. The number of halogens is 1. The van der Waals surface area contributed by atoms with Crippen molar-refractivity contribution in [3.8, 4) is 5.75 Å². The minimum atomic E-state index is -3.55. The van der Waals surface area contributed by atoms with Gasteiger partial charge in [0.15, 0.2) is 5.60 Å². The van der Waals surface area contributed by atoms with Crippen molar-refractivity contribution in [3.63, 3.8) is 0 Å². The van der Waals surface area contributed by atoms with Crippen LogP contribution in [0.2, 0.25) is 18.6 Å². The van der Waals surface area contributed by atoms with Crippen molar-refractivity contribution in [2.45, 2.75) is 69.2 Å². The lowest BCUT2D eigenvalue weighted by Crippen LogP contribution is -2.48. The van der Waals surface area contributed by atoms with Gasteiger partial charge in [-0.3, -0.25) is 14.4 Å². The number of aliphatic hydroxyl groups is 1. The zero-order chi connectivity index (χ0) is 37.7. The van der Waals surface area contributed by atoms with E-state index in [1.807, 2.05) is 49.4 Å². The van der Waals surface area contributed by atoms with E-state index < -0.39 is 37.6 Å². The standard InChI is InChI=1S/C41H45FN4O6Si/c1-25-38(53(3,4)42)36(21-37(48)45-23-29-8-6-5-7-28(29)19-32(45)24-47)52-41(25)34-20-33(51-2)17-18-35(34)46(40(41)50)22-26-9-15-31(16-10-26)44-39(49)27-11-13-30(43)14-12-27/h5-18,20,25,32,36,38,47H,19,21-24,43H2,1-4H3,(H,44,49)/t25-,32-,36+,38-,41+/m0/s1. The van der Waals surface area contributed by atoms with Crippen LogP contribution < -0.4 is 20.7 Å². The molecule has 7 rings (SSSR count). The molecule has 0 unspecified atom stereocenters. The van der Waals surface area contributed by atoms with Gasteiger partial charge in [-0.1, -0.05) is 43.3 Å². The number of aliphatic hydroxyl groups excluding tert-OH is 1. The van der Waals surface area contributed by atoms with Crippen molar-refractivity contribution in [3.05, 3.63) is 119 Å². The summed E-state index contributed by atoms with van der Waals surface area (Å²) in [5.41, 5.74) is 9.27. The maximum absolute atomic E-state index is 16.5. The van der Waals surface area contributed by atoms with Crippen LogP contribution in [0.5, 0.6) is 5.75 Å². The average Bonchev–Trinajstić information content (AvgIpc) is 3.57. The van der Waals surface area contributed by atoms with Gasteiger partial charge >= 0.3 is 0 Å². The lowest BCUT2D eigenvalue weighted by atomic mass is 9.82. The smallest absolute Gasteiger partial charge is 0.264 e. The van der Waals surface area contributed by atoms with Crippen molar-refractivity contribution in [1.29, 1.82) is 0 Å². The number of benzene rings is 4. The summed E-state index contributed by atoms with van der Waals surface area (Å²) in [6, 6.07) is 26.7. The molecule has 0 bridgehead atoms. The van der Waals surface area contributed by atoms with E-state index in [1.54, 1.807) is 78.5 Å². The number of ether oxygens (including phenoxy) is 2.